The minimum atomic E-state index is -3.55. The van der Waals surface area contributed by atoms with Gasteiger partial charge in [-0.05, 0) is 50.7 Å². The fraction of sp³-hybridized carbons (Fsp3) is 0.300. The first-order chi connectivity index (χ1) is 7.72. The zero-order valence-electron chi connectivity index (χ0n) is 8.78. The van der Waals surface area contributed by atoms with Crippen LogP contribution in [-0.4, -0.2) is 21.6 Å². The third-order valence-electron chi connectivity index (χ3n) is 2.12. The van der Waals surface area contributed by atoms with Gasteiger partial charge in [-0.1, -0.05) is 30.7 Å². The average molecular weight is 452 g/mol. The molecule has 7 heteroatoms. The Balaban J connectivity index is 3.23. The van der Waals surface area contributed by atoms with Crippen LogP contribution in [-0.2, 0) is 9.84 Å². The summed E-state index contributed by atoms with van der Waals surface area (Å²) >= 11 is 10.4. The summed E-state index contributed by atoms with van der Waals surface area (Å²) in [6, 6.07) is 6.21. The van der Waals surface area contributed by atoms with E-state index in [1.165, 1.54) is 19.1 Å². The van der Waals surface area contributed by atoms with Crippen LogP contribution in [0.2, 0.25) is 5.02 Å². The molecule has 0 N–H and O–H groups in total. The molecule has 0 saturated heterocycles. The Morgan fingerprint density at radius 1 is 1.53 bits per heavy atom. The number of alkyl halides is 2. The average Bonchev–Trinajstić information content (AvgIpc) is 2.27. The first kappa shape index (κ1) is 15.4. The standard InChI is InChI=1S/C10H9BrClIO3S/c1-2-17(15,16)10(11,13)9(14)7-4-3-5-8(12)6-7/h3-6H,2H2,1H3/t10-/m0/s1. The summed E-state index contributed by atoms with van der Waals surface area (Å²) in [7, 11) is -3.55. The van der Waals surface area contributed by atoms with Crippen LogP contribution in [0, 0.1) is 0 Å². The highest BCUT2D eigenvalue weighted by atomic mass is 127. The van der Waals surface area contributed by atoms with Crippen molar-refractivity contribution in [1.82, 2.24) is 0 Å². The van der Waals surface area contributed by atoms with E-state index in [-0.39, 0.29) is 11.3 Å². The molecule has 0 aliphatic carbocycles. The van der Waals surface area contributed by atoms with Crippen LogP contribution in [0.5, 0.6) is 0 Å². The minimum absolute atomic E-state index is 0.118. The summed E-state index contributed by atoms with van der Waals surface area (Å²) in [5.74, 6) is -0.643. The van der Waals surface area contributed by atoms with Crippen LogP contribution < -0.4 is 0 Å². The molecule has 0 bridgehead atoms. The molecule has 17 heavy (non-hydrogen) atoms. The van der Waals surface area contributed by atoms with E-state index in [2.05, 4.69) is 15.9 Å². The molecule has 94 valence electrons. The number of rotatable bonds is 4. The van der Waals surface area contributed by atoms with Gasteiger partial charge in [0.05, 0.1) is 5.75 Å². The first-order valence-corrected chi connectivity index (χ1v) is 8.53. The van der Waals surface area contributed by atoms with Crippen LogP contribution in [0.4, 0.5) is 0 Å². The highest BCUT2D eigenvalue weighted by Crippen LogP contribution is 2.37. The normalized spacial score (nSPS) is 15.3. The van der Waals surface area contributed by atoms with Gasteiger partial charge >= 0.3 is 0 Å². The number of carbonyl (C=O) groups is 1. The van der Waals surface area contributed by atoms with Gasteiger partial charge in [0.15, 0.2) is 9.84 Å². The lowest BCUT2D eigenvalue weighted by atomic mass is 10.1. The Bertz CT molecular complexity index is 542. The summed E-state index contributed by atoms with van der Waals surface area (Å²) < 4.78 is 22.0. The lowest BCUT2D eigenvalue weighted by Crippen LogP contribution is -2.35. The van der Waals surface area contributed by atoms with Crippen molar-refractivity contribution in [2.24, 2.45) is 0 Å². The zero-order chi connectivity index (χ0) is 13.3. The van der Waals surface area contributed by atoms with E-state index < -0.39 is 17.3 Å². The van der Waals surface area contributed by atoms with Crippen LogP contribution >= 0.6 is 50.1 Å². The van der Waals surface area contributed by atoms with Gasteiger partial charge in [0.1, 0.15) is 0 Å². The van der Waals surface area contributed by atoms with Gasteiger partial charge in [0, 0.05) is 10.6 Å². The van der Waals surface area contributed by atoms with Crippen molar-refractivity contribution in [3.8, 4) is 0 Å². The second-order valence-electron chi connectivity index (χ2n) is 3.26. The molecule has 3 nitrogen and oxygen atoms in total. The fourth-order valence-electron chi connectivity index (χ4n) is 1.12. The second kappa shape index (κ2) is 5.54. The first-order valence-electron chi connectivity index (χ1n) is 4.63. The number of halogens is 3. The number of ketones is 1. The molecule has 1 aromatic rings. The molecule has 0 saturated carbocycles. The summed E-state index contributed by atoms with van der Waals surface area (Å²) in [4.78, 5) is 12.1. The van der Waals surface area contributed by atoms with Crippen LogP contribution in [0.15, 0.2) is 24.3 Å². The lowest BCUT2D eigenvalue weighted by molar-refractivity contribution is 0.101. The summed E-state index contributed by atoms with van der Waals surface area (Å²) in [6.07, 6.45) is 0. The van der Waals surface area contributed by atoms with E-state index in [1.807, 2.05) is 0 Å². The van der Waals surface area contributed by atoms with E-state index in [9.17, 15) is 13.2 Å². The molecule has 0 radical (unpaired) electrons. The topological polar surface area (TPSA) is 51.2 Å². The monoisotopic (exact) mass is 450 g/mol. The summed E-state index contributed by atoms with van der Waals surface area (Å²) in [6.45, 7) is 1.50. The van der Waals surface area contributed by atoms with Crippen LogP contribution in [0.1, 0.15) is 17.3 Å². The van der Waals surface area contributed by atoms with Gasteiger partial charge in [-0.25, -0.2) is 8.42 Å². The van der Waals surface area contributed by atoms with Crippen molar-refractivity contribution < 1.29 is 13.2 Å². The Morgan fingerprint density at radius 3 is 2.59 bits per heavy atom. The number of carbonyl (C=O) groups excluding carboxylic acids is 1. The molecule has 1 atom stereocenters. The number of sulfone groups is 1. The molecule has 0 aliphatic rings. The highest BCUT2D eigenvalue weighted by Gasteiger charge is 2.45. The molecule has 1 rings (SSSR count). The van der Waals surface area contributed by atoms with Gasteiger partial charge < -0.3 is 0 Å². The third kappa shape index (κ3) is 3.21. The van der Waals surface area contributed by atoms with Crippen molar-refractivity contribution in [2.45, 2.75) is 8.59 Å². The molecular weight excluding hydrogens is 442 g/mol. The van der Waals surface area contributed by atoms with Crippen molar-refractivity contribution in [3.63, 3.8) is 0 Å². The van der Waals surface area contributed by atoms with Gasteiger partial charge in [-0.3, -0.25) is 4.79 Å². The van der Waals surface area contributed by atoms with Gasteiger partial charge in [0.2, 0.25) is 7.45 Å². The minimum Gasteiger partial charge on any atom is -0.290 e. The number of Topliss-reactive ketones (excluding diaryl/α,β-unsaturated/α-hetero) is 1. The van der Waals surface area contributed by atoms with E-state index in [1.54, 1.807) is 34.7 Å². The Hall–Kier alpha value is 0.340. The molecular formula is C10H9BrClIO3S. The second-order valence-corrected chi connectivity index (χ2v) is 11.7. The molecule has 0 heterocycles. The van der Waals surface area contributed by atoms with E-state index in [0.29, 0.717) is 5.02 Å². The maximum Gasteiger partial charge on any atom is 0.239 e. The largest absolute Gasteiger partial charge is 0.290 e. The summed E-state index contributed by atoms with van der Waals surface area (Å²) in [5.41, 5.74) is 0.265. The van der Waals surface area contributed by atoms with Crippen molar-refractivity contribution in [2.75, 3.05) is 5.75 Å². The number of hydrogen-bond acceptors (Lipinski definition) is 3. The Morgan fingerprint density at radius 2 is 2.12 bits per heavy atom. The van der Waals surface area contributed by atoms with E-state index in [4.69, 9.17) is 11.6 Å². The number of hydrogen-bond donors (Lipinski definition) is 0. The molecule has 0 spiro atoms. The van der Waals surface area contributed by atoms with Crippen molar-refractivity contribution in [3.05, 3.63) is 34.9 Å². The quantitative estimate of drug-likeness (QED) is 0.400. The van der Waals surface area contributed by atoms with Crippen molar-refractivity contribution in [1.29, 1.82) is 0 Å². The predicted molar refractivity (Wildman–Crippen MR) is 80.9 cm³/mol. The van der Waals surface area contributed by atoms with Gasteiger partial charge in [0.25, 0.3) is 0 Å². The Labute approximate surface area is 127 Å². The Kier molecular flexibility index (Phi) is 5.02. The molecule has 0 aromatic heterocycles. The third-order valence-corrected chi connectivity index (χ3v) is 8.43. The van der Waals surface area contributed by atoms with Crippen LogP contribution in [0.3, 0.4) is 0 Å². The zero-order valence-corrected chi connectivity index (χ0v) is 14.1. The summed E-state index contributed by atoms with van der Waals surface area (Å²) in [5, 5.41) is 0.393. The predicted octanol–water partition coefficient (Wildman–Crippen LogP) is 3.44. The maximum absolute atomic E-state index is 12.1. The van der Waals surface area contributed by atoms with Gasteiger partial charge in [-0.15, -0.1) is 0 Å². The molecule has 0 amide bonds. The smallest absolute Gasteiger partial charge is 0.239 e. The highest BCUT2D eigenvalue weighted by molar-refractivity contribution is 14.1. The van der Waals surface area contributed by atoms with Crippen LogP contribution in [0.25, 0.3) is 0 Å². The molecule has 0 fully saturated rings. The SMILES string of the molecule is CCS(=O)(=O)[C@@](Br)(I)C(=O)c1cccc(Cl)c1. The lowest BCUT2D eigenvalue weighted by Gasteiger charge is -2.18. The van der Waals surface area contributed by atoms with Crippen molar-refractivity contribution >= 4 is 65.7 Å². The molecule has 0 aliphatic heterocycles. The number of benzene rings is 1. The van der Waals surface area contributed by atoms with Gasteiger partial charge in [-0.2, -0.15) is 0 Å². The maximum atomic E-state index is 12.1. The fourth-order valence-corrected chi connectivity index (χ4v) is 4.23. The van der Waals surface area contributed by atoms with E-state index >= 15 is 0 Å². The molecule has 0 unspecified atom stereocenters. The molecule has 1 aromatic carbocycles. The van der Waals surface area contributed by atoms with E-state index in [0.717, 1.165) is 0 Å².